The lowest BCUT2D eigenvalue weighted by Crippen LogP contribution is -2.36. The summed E-state index contributed by atoms with van der Waals surface area (Å²) in [6.45, 7) is 5.36. The first-order chi connectivity index (χ1) is 6.11. The van der Waals surface area contributed by atoms with Gasteiger partial charge < -0.3 is 10.1 Å². The van der Waals surface area contributed by atoms with E-state index in [-0.39, 0.29) is 17.9 Å². The second-order valence-electron chi connectivity index (χ2n) is 3.50. The number of hydrogen-bond acceptors (Lipinski definition) is 2. The summed E-state index contributed by atoms with van der Waals surface area (Å²) in [4.78, 5) is 11.9. The van der Waals surface area contributed by atoms with E-state index in [0.717, 1.165) is 6.42 Å². The van der Waals surface area contributed by atoms with Gasteiger partial charge in [0, 0.05) is 18.0 Å². The molecular formula is C9H16BrNO2. The summed E-state index contributed by atoms with van der Waals surface area (Å²) in [6, 6.07) is 0. The lowest BCUT2D eigenvalue weighted by molar-refractivity contribution is -0.126. The Morgan fingerprint density at radius 2 is 2.46 bits per heavy atom. The van der Waals surface area contributed by atoms with Crippen molar-refractivity contribution in [2.75, 3.05) is 13.2 Å². The molecule has 76 valence electrons. The molecule has 0 spiro atoms. The molecule has 1 saturated heterocycles. The highest BCUT2D eigenvalue weighted by Gasteiger charge is 2.30. The van der Waals surface area contributed by atoms with Crippen molar-refractivity contribution >= 4 is 21.8 Å². The average Bonchev–Trinajstić information content (AvgIpc) is 2.47. The zero-order chi connectivity index (χ0) is 9.84. The van der Waals surface area contributed by atoms with Crippen LogP contribution < -0.4 is 5.32 Å². The van der Waals surface area contributed by atoms with Gasteiger partial charge in [0.15, 0.2) is 0 Å². The highest BCUT2D eigenvalue weighted by atomic mass is 79.9. The molecule has 13 heavy (non-hydrogen) atoms. The average molecular weight is 250 g/mol. The third kappa shape index (κ3) is 3.27. The van der Waals surface area contributed by atoms with Crippen molar-refractivity contribution in [2.45, 2.75) is 31.2 Å². The predicted octanol–water partition coefficient (Wildman–Crippen LogP) is 1.31. The number of halogens is 1. The maximum Gasteiger partial charge on any atom is 0.225 e. The van der Waals surface area contributed by atoms with Crippen molar-refractivity contribution in [2.24, 2.45) is 5.92 Å². The Labute approximate surface area is 87.3 Å². The lowest BCUT2D eigenvalue weighted by Gasteiger charge is -2.14. The highest BCUT2D eigenvalue weighted by molar-refractivity contribution is 9.09. The Hall–Kier alpha value is -0.0900. The Balaban J connectivity index is 2.30. The second kappa shape index (κ2) is 4.96. The molecule has 1 rings (SSSR count). The maximum absolute atomic E-state index is 11.5. The molecule has 1 amide bonds. The summed E-state index contributed by atoms with van der Waals surface area (Å²) in [5.41, 5.74) is 0. The van der Waals surface area contributed by atoms with Crippen LogP contribution in [0.3, 0.4) is 0 Å². The van der Waals surface area contributed by atoms with Crippen LogP contribution >= 0.6 is 15.9 Å². The summed E-state index contributed by atoms with van der Waals surface area (Å²) in [5.74, 6) is 0.169. The lowest BCUT2D eigenvalue weighted by atomic mass is 10.0. The summed E-state index contributed by atoms with van der Waals surface area (Å²) in [6.07, 6.45) is 0.926. The van der Waals surface area contributed by atoms with Crippen LogP contribution in [0.15, 0.2) is 0 Å². The number of carbonyl (C=O) groups excluding carboxylic acids is 1. The van der Waals surface area contributed by atoms with E-state index in [9.17, 15) is 4.79 Å². The van der Waals surface area contributed by atoms with E-state index in [0.29, 0.717) is 18.0 Å². The Morgan fingerprint density at radius 3 is 2.92 bits per heavy atom. The van der Waals surface area contributed by atoms with Crippen LogP contribution in [0.25, 0.3) is 0 Å². The molecule has 0 saturated carbocycles. The van der Waals surface area contributed by atoms with E-state index < -0.39 is 0 Å². The molecule has 0 aromatic carbocycles. The molecule has 0 bridgehead atoms. The van der Waals surface area contributed by atoms with Crippen LogP contribution in [0.5, 0.6) is 0 Å². The molecule has 3 unspecified atom stereocenters. The predicted molar refractivity (Wildman–Crippen MR) is 54.9 cm³/mol. The number of alkyl halides is 1. The Morgan fingerprint density at radius 1 is 1.77 bits per heavy atom. The molecule has 0 aromatic heterocycles. The van der Waals surface area contributed by atoms with Crippen LogP contribution in [0.2, 0.25) is 0 Å². The van der Waals surface area contributed by atoms with E-state index >= 15 is 0 Å². The van der Waals surface area contributed by atoms with Crippen molar-refractivity contribution in [1.29, 1.82) is 0 Å². The normalized spacial score (nSPS) is 30.1. The number of ether oxygens (including phenoxy) is 1. The van der Waals surface area contributed by atoms with E-state index in [2.05, 4.69) is 21.2 Å². The minimum absolute atomic E-state index is 0.0475. The van der Waals surface area contributed by atoms with Gasteiger partial charge in [-0.15, -0.1) is 0 Å². The summed E-state index contributed by atoms with van der Waals surface area (Å²) in [5, 5.41) is 2.89. The van der Waals surface area contributed by atoms with Gasteiger partial charge in [-0.2, -0.15) is 0 Å². The van der Waals surface area contributed by atoms with Gasteiger partial charge in [0.2, 0.25) is 5.91 Å². The molecule has 1 fully saturated rings. The van der Waals surface area contributed by atoms with Crippen LogP contribution in [-0.4, -0.2) is 30.0 Å². The SMILES string of the molecule is CC(Br)CNC(=O)C1CCOC1C. The molecule has 0 radical (unpaired) electrons. The van der Waals surface area contributed by atoms with Crippen molar-refractivity contribution in [3.8, 4) is 0 Å². The Bertz CT molecular complexity index is 184. The fourth-order valence-corrected chi connectivity index (χ4v) is 1.61. The highest BCUT2D eigenvalue weighted by Crippen LogP contribution is 2.20. The van der Waals surface area contributed by atoms with Crippen LogP contribution in [0, 0.1) is 5.92 Å². The van der Waals surface area contributed by atoms with Crippen molar-refractivity contribution in [3.05, 3.63) is 0 Å². The van der Waals surface area contributed by atoms with Gasteiger partial charge in [-0.25, -0.2) is 0 Å². The van der Waals surface area contributed by atoms with E-state index in [1.165, 1.54) is 0 Å². The smallest absolute Gasteiger partial charge is 0.225 e. The Kier molecular flexibility index (Phi) is 4.19. The quantitative estimate of drug-likeness (QED) is 0.767. The third-order valence-corrected chi connectivity index (χ3v) is 2.59. The number of carbonyl (C=O) groups is 1. The summed E-state index contributed by atoms with van der Waals surface area (Å²) >= 11 is 3.38. The van der Waals surface area contributed by atoms with Gasteiger partial charge in [-0.05, 0) is 13.3 Å². The molecule has 0 aliphatic carbocycles. The molecule has 4 heteroatoms. The number of nitrogens with one attached hydrogen (secondary N) is 1. The fourth-order valence-electron chi connectivity index (χ4n) is 1.45. The monoisotopic (exact) mass is 249 g/mol. The summed E-state index contributed by atoms with van der Waals surface area (Å²) < 4.78 is 5.32. The van der Waals surface area contributed by atoms with Crippen molar-refractivity contribution < 1.29 is 9.53 Å². The molecule has 1 heterocycles. The maximum atomic E-state index is 11.5. The van der Waals surface area contributed by atoms with E-state index in [1.807, 2.05) is 13.8 Å². The van der Waals surface area contributed by atoms with Crippen LogP contribution in [-0.2, 0) is 9.53 Å². The number of rotatable bonds is 3. The first kappa shape index (κ1) is 11.0. The first-order valence-corrected chi connectivity index (χ1v) is 5.56. The topological polar surface area (TPSA) is 38.3 Å². The van der Waals surface area contributed by atoms with E-state index in [1.54, 1.807) is 0 Å². The molecule has 0 aromatic rings. The third-order valence-electron chi connectivity index (χ3n) is 2.27. The molecule has 1 aliphatic heterocycles. The van der Waals surface area contributed by atoms with Crippen molar-refractivity contribution in [1.82, 2.24) is 5.32 Å². The molecule has 1 N–H and O–H groups in total. The summed E-state index contributed by atoms with van der Waals surface area (Å²) in [7, 11) is 0. The van der Waals surface area contributed by atoms with Crippen LogP contribution in [0.1, 0.15) is 20.3 Å². The van der Waals surface area contributed by atoms with Crippen molar-refractivity contribution in [3.63, 3.8) is 0 Å². The van der Waals surface area contributed by atoms with Gasteiger partial charge in [0.25, 0.3) is 0 Å². The number of amides is 1. The second-order valence-corrected chi connectivity index (χ2v) is 5.06. The molecule has 3 atom stereocenters. The van der Waals surface area contributed by atoms with E-state index in [4.69, 9.17) is 4.74 Å². The van der Waals surface area contributed by atoms with Crippen LogP contribution in [0.4, 0.5) is 0 Å². The standard InChI is InChI=1S/C9H16BrNO2/c1-6(10)5-11-9(12)8-3-4-13-7(8)2/h6-8H,3-5H2,1-2H3,(H,11,12). The van der Waals surface area contributed by atoms with Gasteiger partial charge in [-0.3, -0.25) is 4.79 Å². The fraction of sp³-hybridized carbons (Fsp3) is 0.889. The number of hydrogen-bond donors (Lipinski definition) is 1. The van der Waals surface area contributed by atoms with Gasteiger partial charge in [0.05, 0.1) is 12.0 Å². The van der Waals surface area contributed by atoms with Gasteiger partial charge >= 0.3 is 0 Å². The minimum Gasteiger partial charge on any atom is -0.378 e. The molecule has 1 aliphatic rings. The minimum atomic E-state index is 0.0475. The largest absolute Gasteiger partial charge is 0.378 e. The molecular weight excluding hydrogens is 234 g/mol. The van der Waals surface area contributed by atoms with Gasteiger partial charge in [0.1, 0.15) is 0 Å². The van der Waals surface area contributed by atoms with Gasteiger partial charge in [-0.1, -0.05) is 22.9 Å². The zero-order valence-corrected chi connectivity index (χ0v) is 9.63. The first-order valence-electron chi connectivity index (χ1n) is 4.64. The zero-order valence-electron chi connectivity index (χ0n) is 8.05. The molecule has 3 nitrogen and oxygen atoms in total.